The van der Waals surface area contributed by atoms with E-state index in [1.807, 2.05) is 0 Å². The summed E-state index contributed by atoms with van der Waals surface area (Å²) in [6.07, 6.45) is 0. The highest BCUT2D eigenvalue weighted by Gasteiger charge is 2.28. The Labute approximate surface area is 535 Å². The van der Waals surface area contributed by atoms with Crippen LogP contribution in [0.5, 0.6) is 11.5 Å². The van der Waals surface area contributed by atoms with Crippen LogP contribution in [0.15, 0.2) is 160 Å². The van der Waals surface area contributed by atoms with Crippen molar-refractivity contribution in [1.82, 2.24) is 19.9 Å². The smallest absolute Gasteiger partial charge is 0.297 e. The average Bonchev–Trinajstić information content (AvgIpc) is 0.769. The van der Waals surface area contributed by atoms with E-state index in [1.165, 1.54) is 70.1 Å². The third-order valence-corrected chi connectivity index (χ3v) is 20.6. The molecule has 10 aromatic rings. The summed E-state index contributed by atoms with van der Waals surface area (Å²) in [6, 6.07) is 22.8. The minimum Gasteiger partial charge on any atom is -0.505 e. The van der Waals surface area contributed by atoms with E-state index in [0.717, 1.165) is 60.7 Å². The van der Waals surface area contributed by atoms with Crippen LogP contribution in [0, 0.1) is 11.9 Å². The molecule has 0 saturated carbocycles. The number of aromatic hydroxyl groups is 2. The van der Waals surface area contributed by atoms with Gasteiger partial charge in [0.15, 0.2) is 23.1 Å². The molecular formula is C52H38Cl2F2N12O17S7. The molecule has 8 aromatic carbocycles. The van der Waals surface area contributed by atoms with Gasteiger partial charge in [0.25, 0.3) is 50.6 Å². The SMILES string of the molecule is O=S(=O)(O)c1cc2cc(Nc3nc(NCCSSCCNc4nc(F)c(Cl)c(Nc5ccc6c(O)c(/N=N/c7ccc8c(S(=O)(=O)O)cccc8c7S(=O)(=O)O)ccc6c5)n4)nc(F)c3Cl)ccc2c(O)c1/N=N/c1ccc2c(S(=O)(=O)O)cccc2c1S(=O)(=O)O. The highest BCUT2D eigenvalue weighted by Crippen LogP contribution is 2.45. The van der Waals surface area contributed by atoms with Crippen LogP contribution < -0.4 is 21.3 Å². The van der Waals surface area contributed by atoms with E-state index in [0.29, 0.717) is 22.6 Å². The monoisotopic (exact) mass is 1430 g/mol. The molecule has 0 spiro atoms. The van der Waals surface area contributed by atoms with E-state index in [4.69, 9.17) is 23.2 Å². The van der Waals surface area contributed by atoms with Crippen LogP contribution in [-0.4, -0.2) is 120 Å². The molecule has 29 nitrogen and oxygen atoms in total. The molecule has 10 rings (SSSR count). The summed E-state index contributed by atoms with van der Waals surface area (Å²) >= 11 is 12.5. The van der Waals surface area contributed by atoms with Gasteiger partial charge in [0.05, 0.1) is 0 Å². The molecule has 2 heterocycles. The molecule has 0 fully saturated rings. The van der Waals surface area contributed by atoms with E-state index in [1.54, 1.807) is 6.07 Å². The van der Waals surface area contributed by atoms with E-state index in [-0.39, 0.29) is 80.3 Å². The summed E-state index contributed by atoms with van der Waals surface area (Å²) in [4.78, 5) is 11.9. The van der Waals surface area contributed by atoms with Crippen molar-refractivity contribution in [3.8, 4) is 11.5 Å². The number of azo groups is 2. The number of fused-ring (bicyclic) bond motifs is 4. The summed E-state index contributed by atoms with van der Waals surface area (Å²) < 4.78 is 203. The lowest BCUT2D eigenvalue weighted by Crippen LogP contribution is -2.11. The van der Waals surface area contributed by atoms with Crippen molar-refractivity contribution in [3.05, 3.63) is 137 Å². The number of hydrogen-bond acceptors (Lipinski definition) is 26. The normalized spacial score (nSPS) is 12.7. The molecule has 40 heteroatoms. The van der Waals surface area contributed by atoms with Gasteiger partial charge >= 0.3 is 0 Å². The van der Waals surface area contributed by atoms with Gasteiger partial charge in [0, 0.05) is 68.3 Å². The quantitative estimate of drug-likeness (QED) is 0.00987. The van der Waals surface area contributed by atoms with Gasteiger partial charge in [-0.3, -0.25) is 22.8 Å². The third kappa shape index (κ3) is 14.5. The second kappa shape index (κ2) is 26.0. The Balaban J connectivity index is 0.743. The molecule has 0 aliphatic rings. The number of benzene rings is 8. The molecule has 0 radical (unpaired) electrons. The largest absolute Gasteiger partial charge is 0.505 e. The summed E-state index contributed by atoms with van der Waals surface area (Å²) in [5.41, 5.74) is -1.68. The number of aromatic nitrogens is 4. The minimum atomic E-state index is -5.26. The standard InChI is InChI=1S/C52H38Cl2F2N12O17S7/c53-40-47(55)61-51(63-49(40)59-26-8-10-28-24(21-26)7-14-34(43(28)69)65-66-35-15-12-30-32(45(35)91(80,81)82)3-1-5-37(30)88(71,72)73)57-17-19-86-87-20-18-58-52-62-48(56)41(54)50(64-52)60-27-9-11-29-25(22-27)23-39(90(77,78)79)42(44(29)70)68-67-36-16-13-31-33(46(36)92(83,84)85)4-2-6-38(31)89(74,75)76/h1-16,21-23,69-70H,17-20H2,(H,71,72,73)(H,74,75,76)(H,77,78,79)(H,80,81,82)(H,83,84,85)(H2,57,59,61,63)(H2,58,60,62,64)/b66-65+,68-67+. The fourth-order valence-corrected chi connectivity index (χ4v) is 14.9. The Morgan fingerprint density at radius 1 is 0.435 bits per heavy atom. The summed E-state index contributed by atoms with van der Waals surface area (Å²) in [5, 5.41) is 47.5. The van der Waals surface area contributed by atoms with Crippen molar-refractivity contribution >= 4 is 196 Å². The van der Waals surface area contributed by atoms with Crippen molar-refractivity contribution in [1.29, 1.82) is 0 Å². The van der Waals surface area contributed by atoms with Crippen LogP contribution >= 0.6 is 44.8 Å². The first-order valence-electron chi connectivity index (χ1n) is 25.4. The molecule has 2 aromatic heterocycles. The van der Waals surface area contributed by atoms with E-state index in [9.17, 15) is 75.1 Å². The molecule has 0 atom stereocenters. The lowest BCUT2D eigenvalue weighted by molar-refractivity contribution is 0.472. The minimum absolute atomic E-state index is 0.0649. The number of anilines is 6. The molecule has 0 aliphatic heterocycles. The molecule has 92 heavy (non-hydrogen) atoms. The Hall–Kier alpha value is -8.35. The molecule has 0 unspecified atom stereocenters. The van der Waals surface area contributed by atoms with E-state index < -0.39 is 131 Å². The Bertz CT molecular complexity index is 5400. The summed E-state index contributed by atoms with van der Waals surface area (Å²) in [7, 11) is -22.5. The first-order valence-corrected chi connectivity index (χ1v) is 35.8. The van der Waals surface area contributed by atoms with Crippen LogP contribution in [0.3, 0.4) is 0 Å². The van der Waals surface area contributed by atoms with Crippen LogP contribution in [0.2, 0.25) is 10.0 Å². The number of phenolic OH excluding ortho intramolecular Hbond substituents is 2. The van der Waals surface area contributed by atoms with Gasteiger partial charge in [-0.2, -0.15) is 70.8 Å². The fraction of sp³-hybridized carbons (Fsp3) is 0.0769. The van der Waals surface area contributed by atoms with Crippen molar-refractivity contribution in [3.63, 3.8) is 0 Å². The summed E-state index contributed by atoms with van der Waals surface area (Å²) in [5.74, 6) is -3.31. The van der Waals surface area contributed by atoms with Crippen molar-refractivity contribution in [2.45, 2.75) is 24.5 Å². The number of phenols is 2. The number of rotatable bonds is 22. The summed E-state index contributed by atoms with van der Waals surface area (Å²) in [6.45, 7) is 0.441. The zero-order valence-electron chi connectivity index (χ0n) is 45.5. The van der Waals surface area contributed by atoms with Crippen LogP contribution in [-0.2, 0) is 50.6 Å². The first kappa shape index (κ1) is 66.6. The maximum absolute atomic E-state index is 15.1. The second-order valence-corrected chi connectivity index (χ2v) is 29.3. The highest BCUT2D eigenvalue weighted by molar-refractivity contribution is 8.76. The van der Waals surface area contributed by atoms with Gasteiger partial charge in [0.1, 0.15) is 57.3 Å². The molecule has 0 aliphatic carbocycles. The molecule has 0 bridgehead atoms. The lowest BCUT2D eigenvalue weighted by atomic mass is 10.1. The zero-order valence-corrected chi connectivity index (χ0v) is 52.7. The van der Waals surface area contributed by atoms with Crippen molar-refractivity contribution in [2.75, 3.05) is 45.9 Å². The van der Waals surface area contributed by atoms with E-state index >= 15 is 8.78 Å². The number of halogens is 4. The van der Waals surface area contributed by atoms with Crippen LogP contribution in [0.4, 0.5) is 66.4 Å². The van der Waals surface area contributed by atoms with Gasteiger partial charge in [-0.05, 0) is 83.6 Å². The maximum Gasteiger partial charge on any atom is 0.297 e. The Morgan fingerprint density at radius 3 is 1.30 bits per heavy atom. The number of nitrogens with zero attached hydrogens (tertiary/aromatic N) is 8. The number of hydrogen-bond donors (Lipinski definition) is 11. The van der Waals surface area contributed by atoms with Gasteiger partial charge in [0.2, 0.25) is 23.8 Å². The fourth-order valence-electron chi connectivity index (χ4n) is 9.09. The Kier molecular flexibility index (Phi) is 18.8. The van der Waals surface area contributed by atoms with Gasteiger partial charge in [-0.1, -0.05) is 87.3 Å². The maximum atomic E-state index is 15.1. The highest BCUT2D eigenvalue weighted by atomic mass is 35.5. The van der Waals surface area contributed by atoms with Crippen molar-refractivity contribution < 1.29 is 83.8 Å². The molecule has 11 N–H and O–H groups in total. The molecule has 478 valence electrons. The zero-order chi connectivity index (χ0) is 66.4. The van der Waals surface area contributed by atoms with Crippen molar-refractivity contribution in [2.24, 2.45) is 20.5 Å². The second-order valence-electron chi connectivity index (χ2n) is 18.9. The molecular weight excluding hydrogens is 1400 g/mol. The third-order valence-electron chi connectivity index (χ3n) is 13.0. The Morgan fingerprint density at radius 2 is 0.848 bits per heavy atom. The number of nitrogens with one attached hydrogen (secondary N) is 4. The van der Waals surface area contributed by atoms with Gasteiger partial charge in [-0.25, -0.2) is 0 Å². The average molecular weight is 1440 g/mol. The molecule has 0 saturated heterocycles. The van der Waals surface area contributed by atoms with Crippen LogP contribution in [0.1, 0.15) is 0 Å². The van der Waals surface area contributed by atoms with Gasteiger partial charge < -0.3 is 31.5 Å². The lowest BCUT2D eigenvalue weighted by Gasteiger charge is -2.13. The topological polar surface area (TPSA) is 461 Å². The van der Waals surface area contributed by atoms with Crippen LogP contribution in [0.25, 0.3) is 43.1 Å². The molecule has 0 amide bonds. The van der Waals surface area contributed by atoms with Gasteiger partial charge in [-0.15, -0.1) is 20.5 Å². The first-order chi connectivity index (χ1) is 43.3. The predicted molar refractivity (Wildman–Crippen MR) is 339 cm³/mol. The van der Waals surface area contributed by atoms with E-state index in [2.05, 4.69) is 61.7 Å². The predicted octanol–water partition coefficient (Wildman–Crippen LogP) is 12.3.